The fourth-order valence-corrected chi connectivity index (χ4v) is 2.64. The summed E-state index contributed by atoms with van der Waals surface area (Å²) in [5.74, 6) is 0.112. The number of carbonyl (C=O) groups excluding carboxylic acids is 1. The van der Waals surface area contributed by atoms with Crippen LogP contribution in [-0.4, -0.2) is 42.2 Å². The van der Waals surface area contributed by atoms with Crippen molar-refractivity contribution in [3.63, 3.8) is 0 Å². The lowest BCUT2D eigenvalue weighted by Gasteiger charge is -2.30. The normalized spacial score (nSPS) is 18.2. The number of rotatable bonds is 4. The lowest BCUT2D eigenvalue weighted by molar-refractivity contribution is -0.123. The van der Waals surface area contributed by atoms with E-state index in [1.807, 2.05) is 24.3 Å². The summed E-state index contributed by atoms with van der Waals surface area (Å²) in [6.45, 7) is 7.90. The van der Waals surface area contributed by atoms with Crippen molar-refractivity contribution in [3.05, 3.63) is 36.4 Å². The number of hydrogen-bond donors (Lipinski definition) is 2. The summed E-state index contributed by atoms with van der Waals surface area (Å²) in [5.41, 5.74) is 2.90. The van der Waals surface area contributed by atoms with Crippen LogP contribution in [0, 0.1) is 5.92 Å². The summed E-state index contributed by atoms with van der Waals surface area (Å²) in [6, 6.07) is 7.69. The van der Waals surface area contributed by atoms with Gasteiger partial charge in [-0.05, 0) is 69.1 Å². The Hall–Kier alpha value is -1.65. The SMILES string of the molecule is C=C(c1cccc(NC(=O)[C@H](C)O)c1)C1CCN(C)CC1. The van der Waals surface area contributed by atoms with Gasteiger partial charge in [0.25, 0.3) is 5.91 Å². The topological polar surface area (TPSA) is 52.6 Å². The summed E-state index contributed by atoms with van der Waals surface area (Å²) in [6.07, 6.45) is 1.24. The van der Waals surface area contributed by atoms with Crippen LogP contribution in [0.4, 0.5) is 5.69 Å². The first-order chi connectivity index (χ1) is 9.97. The van der Waals surface area contributed by atoms with Gasteiger partial charge in [-0.2, -0.15) is 0 Å². The number of carbonyl (C=O) groups is 1. The van der Waals surface area contributed by atoms with Gasteiger partial charge in [0.15, 0.2) is 0 Å². The molecule has 0 bridgehead atoms. The molecule has 4 nitrogen and oxygen atoms in total. The smallest absolute Gasteiger partial charge is 0.252 e. The number of anilines is 1. The van der Waals surface area contributed by atoms with Crippen LogP contribution in [0.25, 0.3) is 5.57 Å². The molecule has 1 saturated heterocycles. The number of nitrogens with zero attached hydrogens (tertiary/aromatic N) is 1. The van der Waals surface area contributed by atoms with Crippen LogP contribution in [0.5, 0.6) is 0 Å². The number of aliphatic hydroxyl groups is 1. The Morgan fingerprint density at radius 3 is 2.71 bits per heavy atom. The number of hydrogen-bond acceptors (Lipinski definition) is 3. The summed E-state index contributed by atoms with van der Waals surface area (Å²) in [5, 5.41) is 12.0. The monoisotopic (exact) mass is 288 g/mol. The Kier molecular flexibility index (Phi) is 5.15. The first kappa shape index (κ1) is 15.7. The molecule has 0 unspecified atom stereocenters. The van der Waals surface area contributed by atoms with E-state index >= 15 is 0 Å². The fraction of sp³-hybridized carbons (Fsp3) is 0.471. The van der Waals surface area contributed by atoms with Crippen molar-refractivity contribution in [2.45, 2.75) is 25.9 Å². The zero-order chi connectivity index (χ0) is 15.4. The van der Waals surface area contributed by atoms with Gasteiger partial charge in [0.2, 0.25) is 0 Å². The maximum atomic E-state index is 11.5. The highest BCUT2D eigenvalue weighted by Gasteiger charge is 2.20. The van der Waals surface area contributed by atoms with Crippen molar-refractivity contribution in [3.8, 4) is 0 Å². The summed E-state index contributed by atoms with van der Waals surface area (Å²) < 4.78 is 0. The molecule has 2 N–H and O–H groups in total. The van der Waals surface area contributed by atoms with Crippen LogP contribution in [0.1, 0.15) is 25.3 Å². The Labute approximate surface area is 126 Å². The maximum absolute atomic E-state index is 11.5. The molecule has 1 aliphatic heterocycles. The fourth-order valence-electron chi connectivity index (χ4n) is 2.64. The van der Waals surface area contributed by atoms with Gasteiger partial charge in [0.1, 0.15) is 6.10 Å². The Bertz CT molecular complexity index is 517. The minimum Gasteiger partial charge on any atom is -0.384 e. The molecule has 114 valence electrons. The molecule has 1 aromatic rings. The summed E-state index contributed by atoms with van der Waals surface area (Å²) in [7, 11) is 2.14. The van der Waals surface area contributed by atoms with E-state index in [1.54, 1.807) is 0 Å². The van der Waals surface area contributed by atoms with E-state index in [4.69, 9.17) is 0 Å². The predicted octanol–water partition coefficient (Wildman–Crippen LogP) is 2.36. The zero-order valence-electron chi connectivity index (χ0n) is 12.8. The highest BCUT2D eigenvalue weighted by molar-refractivity contribution is 5.94. The third-order valence-corrected chi connectivity index (χ3v) is 4.09. The van der Waals surface area contributed by atoms with Crippen LogP contribution >= 0.6 is 0 Å². The second-order valence-corrected chi connectivity index (χ2v) is 5.85. The molecule has 1 atom stereocenters. The van der Waals surface area contributed by atoms with E-state index in [1.165, 1.54) is 6.92 Å². The number of likely N-dealkylation sites (tertiary alicyclic amines) is 1. The largest absolute Gasteiger partial charge is 0.384 e. The average molecular weight is 288 g/mol. The molecule has 0 spiro atoms. The van der Waals surface area contributed by atoms with E-state index in [2.05, 4.69) is 23.8 Å². The molecule has 4 heteroatoms. The Balaban J connectivity index is 2.06. The minimum absolute atomic E-state index is 0.392. The maximum Gasteiger partial charge on any atom is 0.252 e. The van der Waals surface area contributed by atoms with Crippen LogP contribution in [-0.2, 0) is 4.79 Å². The number of amides is 1. The van der Waals surface area contributed by atoms with E-state index in [0.717, 1.165) is 37.1 Å². The first-order valence-electron chi connectivity index (χ1n) is 7.44. The zero-order valence-corrected chi connectivity index (χ0v) is 12.8. The van der Waals surface area contributed by atoms with E-state index in [9.17, 15) is 9.90 Å². The van der Waals surface area contributed by atoms with Crippen LogP contribution in [0.2, 0.25) is 0 Å². The number of nitrogens with one attached hydrogen (secondary N) is 1. The van der Waals surface area contributed by atoms with Crippen molar-refractivity contribution in [2.24, 2.45) is 5.92 Å². The van der Waals surface area contributed by atoms with Crippen molar-refractivity contribution < 1.29 is 9.90 Å². The third-order valence-electron chi connectivity index (χ3n) is 4.09. The first-order valence-corrected chi connectivity index (χ1v) is 7.44. The Morgan fingerprint density at radius 1 is 1.43 bits per heavy atom. The van der Waals surface area contributed by atoms with Crippen molar-refractivity contribution in [2.75, 3.05) is 25.5 Å². The van der Waals surface area contributed by atoms with Gasteiger partial charge >= 0.3 is 0 Å². The molecule has 2 rings (SSSR count). The lowest BCUT2D eigenvalue weighted by atomic mass is 9.86. The second kappa shape index (κ2) is 6.87. The van der Waals surface area contributed by atoms with Gasteiger partial charge in [-0.15, -0.1) is 0 Å². The van der Waals surface area contributed by atoms with Crippen molar-refractivity contribution >= 4 is 17.2 Å². The van der Waals surface area contributed by atoms with Gasteiger partial charge in [-0.1, -0.05) is 18.7 Å². The third kappa shape index (κ3) is 4.16. The molecule has 1 amide bonds. The van der Waals surface area contributed by atoms with Gasteiger partial charge in [0.05, 0.1) is 0 Å². The highest BCUT2D eigenvalue weighted by Crippen LogP contribution is 2.31. The van der Waals surface area contributed by atoms with Crippen LogP contribution in [0.15, 0.2) is 30.8 Å². The second-order valence-electron chi connectivity index (χ2n) is 5.85. The van der Waals surface area contributed by atoms with Gasteiger partial charge < -0.3 is 15.3 Å². The molecule has 0 saturated carbocycles. The molecule has 0 radical (unpaired) electrons. The van der Waals surface area contributed by atoms with E-state index in [-0.39, 0.29) is 0 Å². The molecule has 1 heterocycles. The van der Waals surface area contributed by atoms with Crippen molar-refractivity contribution in [1.82, 2.24) is 4.90 Å². The average Bonchev–Trinajstić information content (AvgIpc) is 2.47. The number of piperidine rings is 1. The molecule has 1 aromatic carbocycles. The summed E-state index contributed by atoms with van der Waals surface area (Å²) in [4.78, 5) is 13.9. The van der Waals surface area contributed by atoms with Crippen LogP contribution in [0.3, 0.4) is 0 Å². The van der Waals surface area contributed by atoms with E-state index < -0.39 is 12.0 Å². The Morgan fingerprint density at radius 2 is 2.10 bits per heavy atom. The number of benzene rings is 1. The van der Waals surface area contributed by atoms with Gasteiger partial charge in [-0.3, -0.25) is 4.79 Å². The minimum atomic E-state index is -1.01. The highest BCUT2D eigenvalue weighted by atomic mass is 16.3. The molecule has 0 aromatic heterocycles. The van der Waals surface area contributed by atoms with E-state index in [0.29, 0.717) is 11.6 Å². The molecule has 1 fully saturated rings. The molecule has 0 aliphatic carbocycles. The van der Waals surface area contributed by atoms with Crippen LogP contribution < -0.4 is 5.32 Å². The molecule has 21 heavy (non-hydrogen) atoms. The van der Waals surface area contributed by atoms with Crippen molar-refractivity contribution in [1.29, 1.82) is 0 Å². The lowest BCUT2D eigenvalue weighted by Crippen LogP contribution is -2.30. The standard InChI is InChI=1S/C17H24N2O2/c1-12(14-7-9-19(3)10-8-14)15-5-4-6-16(11-15)18-17(21)13(2)20/h4-6,11,13-14,20H,1,7-10H2,2-3H3,(H,18,21)/t13-/m0/s1. The summed E-state index contributed by atoms with van der Waals surface area (Å²) >= 11 is 0. The molecule has 1 aliphatic rings. The van der Waals surface area contributed by atoms with Gasteiger partial charge in [-0.25, -0.2) is 0 Å². The predicted molar refractivity (Wildman–Crippen MR) is 86.0 cm³/mol. The molecular weight excluding hydrogens is 264 g/mol. The number of allylic oxidation sites excluding steroid dienone is 1. The number of aliphatic hydroxyl groups excluding tert-OH is 1. The quantitative estimate of drug-likeness (QED) is 0.894. The molecular formula is C17H24N2O2. The van der Waals surface area contributed by atoms with Gasteiger partial charge in [0, 0.05) is 5.69 Å².